The molecule has 7 heteroatoms. The van der Waals surface area contributed by atoms with Crippen molar-refractivity contribution in [3.05, 3.63) is 64.5 Å². The first-order chi connectivity index (χ1) is 11.7. The number of carbonyl (C=O) groups is 1. The van der Waals surface area contributed by atoms with Crippen molar-refractivity contribution in [2.75, 3.05) is 7.11 Å². The van der Waals surface area contributed by atoms with Crippen molar-refractivity contribution in [1.29, 1.82) is 0 Å². The van der Waals surface area contributed by atoms with Crippen LogP contribution in [-0.2, 0) is 11.3 Å². The van der Waals surface area contributed by atoms with Gasteiger partial charge in [0.2, 0.25) is 5.89 Å². The van der Waals surface area contributed by atoms with Gasteiger partial charge in [-0.2, -0.15) is 0 Å². The molecule has 6 nitrogen and oxygen atoms in total. The molecule has 3 rings (SSSR count). The molecule has 0 spiro atoms. The second-order valence-corrected chi connectivity index (χ2v) is 5.70. The van der Waals surface area contributed by atoms with Crippen LogP contribution in [0.25, 0.3) is 11.5 Å². The topological polar surface area (TPSA) is 74.5 Å². The van der Waals surface area contributed by atoms with E-state index in [4.69, 9.17) is 13.9 Å². The second-order valence-electron chi connectivity index (χ2n) is 4.78. The average Bonchev–Trinajstić information content (AvgIpc) is 3.09. The van der Waals surface area contributed by atoms with Crippen LogP contribution in [0.4, 0.5) is 0 Å². The molecule has 0 fully saturated rings. The lowest BCUT2D eigenvalue weighted by atomic mass is 10.2. The average molecular weight is 389 g/mol. The Bertz CT molecular complexity index is 846. The standard InChI is InChI=1S/C17H13BrN2O4/c1-22-14-5-3-2-4-13(14)17(21)23-10-15-19-20-16(24-15)11-6-8-12(18)9-7-11/h2-9H,10H2,1H3. The fraction of sp³-hybridized carbons (Fsp3) is 0.118. The lowest BCUT2D eigenvalue weighted by Gasteiger charge is -2.06. The molecule has 0 saturated carbocycles. The van der Waals surface area contributed by atoms with E-state index in [0.29, 0.717) is 17.2 Å². The molecule has 0 amide bonds. The lowest BCUT2D eigenvalue weighted by molar-refractivity contribution is 0.0435. The zero-order valence-corrected chi connectivity index (χ0v) is 14.3. The van der Waals surface area contributed by atoms with Gasteiger partial charge in [0, 0.05) is 10.0 Å². The molecule has 24 heavy (non-hydrogen) atoms. The molecule has 0 aliphatic carbocycles. The summed E-state index contributed by atoms with van der Waals surface area (Å²) in [6.45, 7) is -0.111. The van der Waals surface area contributed by atoms with Gasteiger partial charge in [-0.05, 0) is 36.4 Å². The Labute approximate surface area is 146 Å². The van der Waals surface area contributed by atoms with Gasteiger partial charge in [0.15, 0.2) is 6.61 Å². The maximum atomic E-state index is 12.1. The lowest BCUT2D eigenvalue weighted by Crippen LogP contribution is -2.07. The van der Waals surface area contributed by atoms with Gasteiger partial charge in [0.1, 0.15) is 11.3 Å². The van der Waals surface area contributed by atoms with Crippen molar-refractivity contribution in [1.82, 2.24) is 10.2 Å². The molecule has 1 aromatic heterocycles. The Morgan fingerprint density at radius 2 is 1.88 bits per heavy atom. The summed E-state index contributed by atoms with van der Waals surface area (Å²) < 4.78 is 16.8. The highest BCUT2D eigenvalue weighted by molar-refractivity contribution is 9.10. The normalized spacial score (nSPS) is 10.4. The van der Waals surface area contributed by atoms with E-state index in [1.165, 1.54) is 7.11 Å². The molecule has 2 aromatic carbocycles. The zero-order chi connectivity index (χ0) is 16.9. The first-order valence-electron chi connectivity index (χ1n) is 7.06. The number of methoxy groups -OCH3 is 1. The Hall–Kier alpha value is -2.67. The van der Waals surface area contributed by atoms with Crippen molar-refractivity contribution < 1.29 is 18.7 Å². The Balaban J connectivity index is 1.67. The van der Waals surface area contributed by atoms with Crippen LogP contribution in [-0.4, -0.2) is 23.3 Å². The largest absolute Gasteiger partial charge is 0.496 e. The minimum Gasteiger partial charge on any atom is -0.496 e. The van der Waals surface area contributed by atoms with Gasteiger partial charge in [-0.25, -0.2) is 4.79 Å². The van der Waals surface area contributed by atoms with E-state index in [1.807, 2.05) is 24.3 Å². The molecular formula is C17H13BrN2O4. The SMILES string of the molecule is COc1ccccc1C(=O)OCc1nnc(-c2ccc(Br)cc2)o1. The van der Waals surface area contributed by atoms with Crippen LogP contribution < -0.4 is 4.74 Å². The van der Waals surface area contributed by atoms with Gasteiger partial charge in [0.25, 0.3) is 5.89 Å². The quantitative estimate of drug-likeness (QED) is 0.617. The summed E-state index contributed by atoms with van der Waals surface area (Å²) in [5.41, 5.74) is 1.13. The van der Waals surface area contributed by atoms with Crippen molar-refractivity contribution in [2.24, 2.45) is 0 Å². The number of aromatic nitrogens is 2. The van der Waals surface area contributed by atoms with Crippen molar-refractivity contribution >= 4 is 21.9 Å². The number of halogens is 1. The number of hydrogen-bond donors (Lipinski definition) is 0. The highest BCUT2D eigenvalue weighted by atomic mass is 79.9. The zero-order valence-electron chi connectivity index (χ0n) is 12.7. The first kappa shape index (κ1) is 16.2. The van der Waals surface area contributed by atoms with E-state index < -0.39 is 5.97 Å². The summed E-state index contributed by atoms with van der Waals surface area (Å²) in [4.78, 5) is 12.1. The molecule has 3 aromatic rings. The van der Waals surface area contributed by atoms with Crippen LogP contribution in [0.3, 0.4) is 0 Å². The van der Waals surface area contributed by atoms with Crippen LogP contribution in [0.15, 0.2) is 57.4 Å². The van der Waals surface area contributed by atoms with Gasteiger partial charge < -0.3 is 13.9 Å². The minimum absolute atomic E-state index is 0.111. The number of esters is 1. The van der Waals surface area contributed by atoms with Gasteiger partial charge in [0.05, 0.1) is 7.11 Å². The number of para-hydroxylation sites is 1. The fourth-order valence-electron chi connectivity index (χ4n) is 2.04. The minimum atomic E-state index is -0.518. The van der Waals surface area contributed by atoms with Gasteiger partial charge >= 0.3 is 5.97 Å². The fourth-order valence-corrected chi connectivity index (χ4v) is 2.30. The molecule has 0 N–H and O–H groups in total. The molecule has 0 radical (unpaired) electrons. The number of ether oxygens (including phenoxy) is 2. The summed E-state index contributed by atoms with van der Waals surface area (Å²) in [6.07, 6.45) is 0. The number of hydrogen-bond acceptors (Lipinski definition) is 6. The maximum absolute atomic E-state index is 12.1. The summed E-state index contributed by atoms with van der Waals surface area (Å²) in [7, 11) is 1.49. The third kappa shape index (κ3) is 3.62. The highest BCUT2D eigenvalue weighted by Gasteiger charge is 2.15. The number of rotatable bonds is 5. The Kier molecular flexibility index (Phi) is 4.90. The third-order valence-electron chi connectivity index (χ3n) is 3.21. The van der Waals surface area contributed by atoms with E-state index in [-0.39, 0.29) is 12.5 Å². The van der Waals surface area contributed by atoms with E-state index >= 15 is 0 Å². The predicted molar refractivity (Wildman–Crippen MR) is 89.5 cm³/mol. The monoisotopic (exact) mass is 388 g/mol. The predicted octanol–water partition coefficient (Wildman–Crippen LogP) is 3.86. The van der Waals surface area contributed by atoms with Gasteiger partial charge in [-0.1, -0.05) is 28.1 Å². The number of benzene rings is 2. The van der Waals surface area contributed by atoms with Crippen LogP contribution in [0.1, 0.15) is 16.2 Å². The van der Waals surface area contributed by atoms with Gasteiger partial charge in [-0.3, -0.25) is 0 Å². The van der Waals surface area contributed by atoms with Crippen LogP contribution in [0, 0.1) is 0 Å². The van der Waals surface area contributed by atoms with Crippen LogP contribution in [0.2, 0.25) is 0 Å². The van der Waals surface area contributed by atoms with Crippen LogP contribution in [0.5, 0.6) is 5.75 Å². The van der Waals surface area contributed by atoms with E-state index in [1.54, 1.807) is 24.3 Å². The van der Waals surface area contributed by atoms with Crippen molar-refractivity contribution in [3.63, 3.8) is 0 Å². The number of carbonyl (C=O) groups excluding carboxylic acids is 1. The molecule has 0 aliphatic heterocycles. The van der Waals surface area contributed by atoms with Crippen molar-refractivity contribution in [2.45, 2.75) is 6.61 Å². The highest BCUT2D eigenvalue weighted by Crippen LogP contribution is 2.22. The smallest absolute Gasteiger partial charge is 0.342 e. The molecular weight excluding hydrogens is 376 g/mol. The summed E-state index contributed by atoms with van der Waals surface area (Å²) in [5, 5.41) is 7.84. The summed E-state index contributed by atoms with van der Waals surface area (Å²) >= 11 is 3.36. The molecule has 0 unspecified atom stereocenters. The van der Waals surface area contributed by atoms with E-state index in [0.717, 1.165) is 10.0 Å². The molecule has 0 saturated heterocycles. The molecule has 1 heterocycles. The molecule has 0 bridgehead atoms. The van der Waals surface area contributed by atoms with E-state index in [9.17, 15) is 4.79 Å². The molecule has 122 valence electrons. The number of nitrogens with zero attached hydrogens (tertiary/aromatic N) is 2. The molecule has 0 atom stereocenters. The maximum Gasteiger partial charge on any atom is 0.342 e. The summed E-state index contributed by atoms with van der Waals surface area (Å²) in [5.74, 6) is 0.515. The molecule has 0 aliphatic rings. The summed E-state index contributed by atoms with van der Waals surface area (Å²) in [6, 6.07) is 14.3. The van der Waals surface area contributed by atoms with Crippen molar-refractivity contribution in [3.8, 4) is 17.2 Å². The second kappa shape index (κ2) is 7.27. The third-order valence-corrected chi connectivity index (χ3v) is 3.74. The first-order valence-corrected chi connectivity index (χ1v) is 7.85. The van der Waals surface area contributed by atoms with Gasteiger partial charge in [-0.15, -0.1) is 10.2 Å². The Morgan fingerprint density at radius 1 is 1.12 bits per heavy atom. The van der Waals surface area contributed by atoms with E-state index in [2.05, 4.69) is 26.1 Å². The Morgan fingerprint density at radius 3 is 2.62 bits per heavy atom. The van der Waals surface area contributed by atoms with Crippen LogP contribution >= 0.6 is 15.9 Å².